The van der Waals surface area contributed by atoms with Gasteiger partial charge in [0.25, 0.3) is 0 Å². The highest BCUT2D eigenvalue weighted by Crippen LogP contribution is 2.25. The van der Waals surface area contributed by atoms with E-state index in [0.29, 0.717) is 31.4 Å². The number of amides is 2. The van der Waals surface area contributed by atoms with Gasteiger partial charge in [-0.1, -0.05) is 25.3 Å². The van der Waals surface area contributed by atoms with E-state index in [2.05, 4.69) is 20.5 Å². The Morgan fingerprint density at radius 2 is 1.72 bits per heavy atom. The van der Waals surface area contributed by atoms with Gasteiger partial charge in [-0.3, -0.25) is 9.88 Å². The highest BCUT2D eigenvalue weighted by atomic mass is 32.2. The molecule has 8 nitrogen and oxygen atoms in total. The zero-order valence-corrected chi connectivity index (χ0v) is 19.1. The van der Waals surface area contributed by atoms with Gasteiger partial charge in [0.2, 0.25) is 10.0 Å². The van der Waals surface area contributed by atoms with Crippen LogP contribution in [0.2, 0.25) is 0 Å². The maximum absolute atomic E-state index is 13.1. The smallest absolute Gasteiger partial charge is 0.319 e. The molecule has 2 aliphatic rings. The molecule has 1 saturated carbocycles. The summed E-state index contributed by atoms with van der Waals surface area (Å²) in [5, 5.41) is 5.48. The number of hydrogen-bond donors (Lipinski definition) is 2. The van der Waals surface area contributed by atoms with Crippen LogP contribution in [0.15, 0.2) is 53.7 Å². The van der Waals surface area contributed by atoms with Crippen molar-refractivity contribution < 1.29 is 13.2 Å². The highest BCUT2D eigenvalue weighted by Gasteiger charge is 2.31. The van der Waals surface area contributed by atoms with Crippen molar-refractivity contribution >= 4 is 21.7 Å². The van der Waals surface area contributed by atoms with Gasteiger partial charge < -0.3 is 10.6 Å². The fraction of sp³-hybridized carbons (Fsp3) is 0.478. The van der Waals surface area contributed by atoms with Crippen molar-refractivity contribution in [2.75, 3.05) is 31.5 Å². The van der Waals surface area contributed by atoms with Gasteiger partial charge in [-0.05, 0) is 48.7 Å². The Hall–Kier alpha value is -2.49. The summed E-state index contributed by atoms with van der Waals surface area (Å²) >= 11 is 0. The number of rotatable bonds is 6. The second kappa shape index (κ2) is 10.4. The summed E-state index contributed by atoms with van der Waals surface area (Å²) in [7, 11) is -3.54. The molecule has 9 heteroatoms. The van der Waals surface area contributed by atoms with Crippen molar-refractivity contribution in [1.29, 1.82) is 0 Å². The van der Waals surface area contributed by atoms with E-state index in [1.54, 1.807) is 41.0 Å². The number of nitrogens with zero attached hydrogens (tertiary/aromatic N) is 3. The molecule has 1 aromatic heterocycles. The van der Waals surface area contributed by atoms with Gasteiger partial charge >= 0.3 is 6.03 Å². The summed E-state index contributed by atoms with van der Waals surface area (Å²) in [6.07, 6.45) is 9.72. The molecule has 0 spiro atoms. The van der Waals surface area contributed by atoms with Crippen LogP contribution in [0.25, 0.3) is 0 Å². The number of hydrogen-bond acceptors (Lipinski definition) is 5. The molecule has 0 unspecified atom stereocenters. The van der Waals surface area contributed by atoms with Crippen LogP contribution in [-0.4, -0.2) is 60.9 Å². The molecule has 0 atom stereocenters. The van der Waals surface area contributed by atoms with Gasteiger partial charge in [0.05, 0.1) is 4.90 Å². The van der Waals surface area contributed by atoms with E-state index in [4.69, 9.17) is 0 Å². The molecular formula is C23H31N5O3S. The van der Waals surface area contributed by atoms with E-state index in [9.17, 15) is 13.2 Å². The quantitative estimate of drug-likeness (QED) is 0.695. The molecule has 32 heavy (non-hydrogen) atoms. The summed E-state index contributed by atoms with van der Waals surface area (Å²) < 4.78 is 27.7. The SMILES string of the molecule is O=C(NCc1cccnc1)Nc1ccc(S(=O)(=O)N2CCN(C3CCCCC3)CC2)cc1. The number of carbonyl (C=O) groups is 1. The average molecular weight is 458 g/mol. The first-order valence-corrected chi connectivity index (χ1v) is 12.7. The van der Waals surface area contributed by atoms with E-state index in [-0.39, 0.29) is 10.9 Å². The number of benzene rings is 1. The first kappa shape index (κ1) is 22.7. The number of sulfonamides is 1. The number of nitrogens with one attached hydrogen (secondary N) is 2. The Balaban J connectivity index is 1.29. The Kier molecular flexibility index (Phi) is 7.39. The molecule has 1 saturated heterocycles. The average Bonchev–Trinajstić information content (AvgIpc) is 2.84. The third-order valence-electron chi connectivity index (χ3n) is 6.29. The topological polar surface area (TPSA) is 94.6 Å². The van der Waals surface area contributed by atoms with Crippen molar-refractivity contribution in [3.8, 4) is 0 Å². The van der Waals surface area contributed by atoms with Crippen LogP contribution in [0.5, 0.6) is 0 Å². The minimum Gasteiger partial charge on any atom is -0.334 e. The molecule has 1 aromatic carbocycles. The van der Waals surface area contributed by atoms with Crippen molar-refractivity contribution in [2.45, 2.75) is 49.6 Å². The largest absolute Gasteiger partial charge is 0.334 e. The van der Waals surface area contributed by atoms with E-state index in [1.165, 1.54) is 32.1 Å². The Labute approximate surface area is 190 Å². The summed E-state index contributed by atoms with van der Waals surface area (Å²) in [6.45, 7) is 2.99. The molecule has 1 aliphatic carbocycles. The third kappa shape index (κ3) is 5.65. The minimum atomic E-state index is -3.54. The third-order valence-corrected chi connectivity index (χ3v) is 8.20. The van der Waals surface area contributed by atoms with Gasteiger partial charge in [0.15, 0.2) is 0 Å². The van der Waals surface area contributed by atoms with Crippen LogP contribution in [0.3, 0.4) is 0 Å². The van der Waals surface area contributed by atoms with Crippen molar-refractivity contribution in [2.24, 2.45) is 0 Å². The number of anilines is 1. The number of urea groups is 1. The molecule has 2 heterocycles. The van der Waals surface area contributed by atoms with E-state index in [0.717, 1.165) is 18.7 Å². The number of aromatic nitrogens is 1. The maximum Gasteiger partial charge on any atom is 0.319 e. The van der Waals surface area contributed by atoms with Crippen LogP contribution in [-0.2, 0) is 16.6 Å². The molecule has 1 aliphatic heterocycles. The summed E-state index contributed by atoms with van der Waals surface area (Å²) in [5.74, 6) is 0. The van der Waals surface area contributed by atoms with Crippen LogP contribution in [0.1, 0.15) is 37.7 Å². The first-order chi connectivity index (χ1) is 15.5. The van der Waals surface area contributed by atoms with Crippen LogP contribution < -0.4 is 10.6 Å². The lowest BCUT2D eigenvalue weighted by Gasteiger charge is -2.40. The molecule has 2 fully saturated rings. The molecule has 2 aromatic rings. The van der Waals surface area contributed by atoms with Gasteiger partial charge in [-0.2, -0.15) is 4.31 Å². The minimum absolute atomic E-state index is 0.255. The predicted octanol–water partition coefficient (Wildman–Crippen LogP) is 3.04. The fourth-order valence-corrected chi connectivity index (χ4v) is 5.90. The maximum atomic E-state index is 13.1. The summed E-state index contributed by atoms with van der Waals surface area (Å²) in [5.41, 5.74) is 1.43. The second-order valence-electron chi connectivity index (χ2n) is 8.43. The van der Waals surface area contributed by atoms with Crippen LogP contribution in [0.4, 0.5) is 10.5 Å². The highest BCUT2D eigenvalue weighted by molar-refractivity contribution is 7.89. The van der Waals surface area contributed by atoms with Gasteiger partial charge in [0, 0.05) is 56.8 Å². The molecule has 0 bridgehead atoms. The molecular weight excluding hydrogens is 426 g/mol. The van der Waals surface area contributed by atoms with Crippen LogP contribution in [0, 0.1) is 0 Å². The molecule has 172 valence electrons. The fourth-order valence-electron chi connectivity index (χ4n) is 4.47. The summed E-state index contributed by atoms with van der Waals surface area (Å²) in [4.78, 5) is 18.8. The van der Waals surface area contributed by atoms with Crippen molar-refractivity contribution in [3.05, 3.63) is 54.4 Å². The zero-order valence-electron chi connectivity index (χ0n) is 18.2. The van der Waals surface area contributed by atoms with Gasteiger partial charge in [-0.15, -0.1) is 0 Å². The van der Waals surface area contributed by atoms with Crippen molar-refractivity contribution in [1.82, 2.24) is 19.5 Å². The Morgan fingerprint density at radius 1 is 1.00 bits per heavy atom. The molecule has 0 radical (unpaired) electrons. The Bertz CT molecular complexity index is 984. The van der Waals surface area contributed by atoms with Gasteiger partial charge in [-0.25, -0.2) is 13.2 Å². The molecule has 2 amide bonds. The molecule has 2 N–H and O–H groups in total. The Morgan fingerprint density at radius 3 is 2.38 bits per heavy atom. The lowest BCUT2D eigenvalue weighted by atomic mass is 9.94. The summed E-state index contributed by atoms with van der Waals surface area (Å²) in [6, 6.07) is 10.3. The predicted molar refractivity (Wildman–Crippen MR) is 124 cm³/mol. The zero-order chi connectivity index (χ0) is 22.4. The van der Waals surface area contributed by atoms with Crippen LogP contribution >= 0.6 is 0 Å². The van der Waals surface area contributed by atoms with Crippen molar-refractivity contribution in [3.63, 3.8) is 0 Å². The number of carbonyl (C=O) groups excluding carboxylic acids is 1. The standard InChI is InChI=1S/C23H31N5O3S/c29-23(25-18-19-5-4-12-24-17-19)26-20-8-10-22(11-9-20)32(30,31)28-15-13-27(14-16-28)21-6-2-1-3-7-21/h4-5,8-12,17,21H,1-3,6-7,13-16,18H2,(H2,25,26,29). The second-order valence-corrected chi connectivity index (χ2v) is 10.4. The lowest BCUT2D eigenvalue weighted by Crippen LogP contribution is -2.52. The first-order valence-electron chi connectivity index (χ1n) is 11.3. The molecule has 4 rings (SSSR count). The lowest BCUT2D eigenvalue weighted by molar-refractivity contribution is 0.111. The van der Waals surface area contributed by atoms with Gasteiger partial charge in [0.1, 0.15) is 0 Å². The normalized spacial score (nSPS) is 18.9. The van der Waals surface area contributed by atoms with E-state index in [1.807, 2.05) is 12.1 Å². The number of piperazine rings is 1. The van der Waals surface area contributed by atoms with E-state index < -0.39 is 10.0 Å². The van der Waals surface area contributed by atoms with E-state index >= 15 is 0 Å². The number of pyridine rings is 1. The monoisotopic (exact) mass is 457 g/mol.